The van der Waals surface area contributed by atoms with E-state index in [2.05, 4.69) is 0 Å². The lowest BCUT2D eigenvalue weighted by Crippen LogP contribution is -2.47. The van der Waals surface area contributed by atoms with E-state index in [0.717, 1.165) is 25.3 Å². The molecule has 130 valence electrons. The molecule has 0 bridgehead atoms. The maximum atomic E-state index is 13.7. The molecule has 2 aliphatic rings. The summed E-state index contributed by atoms with van der Waals surface area (Å²) in [5.41, 5.74) is 4.91. The number of hydrogen-bond acceptors (Lipinski definition) is 2. The zero-order chi connectivity index (χ0) is 17.3. The van der Waals surface area contributed by atoms with Crippen molar-refractivity contribution < 1.29 is 18.4 Å². The molecule has 1 atom stereocenters. The Morgan fingerprint density at radius 2 is 2.04 bits per heavy atom. The van der Waals surface area contributed by atoms with Crippen molar-refractivity contribution in [2.24, 2.45) is 17.1 Å². The Kier molecular flexibility index (Phi) is 4.56. The van der Waals surface area contributed by atoms with Gasteiger partial charge in [0.2, 0.25) is 11.8 Å². The van der Waals surface area contributed by atoms with Gasteiger partial charge in [-0.15, -0.1) is 0 Å². The standard InChI is InChI=1S/C18H22F2N2O2/c19-14-6-5-13(15(20)10-14)4-3-12-2-1-9-22(11-12)17(24)18(7-8-18)16(21)23/h5-6,10,12H,1-4,7-9,11H2,(H2,21,23)/t12-/m1/s1. The first-order chi connectivity index (χ1) is 11.4. The van der Waals surface area contributed by atoms with E-state index in [4.69, 9.17) is 5.73 Å². The summed E-state index contributed by atoms with van der Waals surface area (Å²) in [6, 6.07) is 3.64. The lowest BCUT2D eigenvalue weighted by atomic mass is 9.90. The van der Waals surface area contributed by atoms with Gasteiger partial charge in [0.05, 0.1) is 0 Å². The van der Waals surface area contributed by atoms with Crippen molar-refractivity contribution in [1.29, 1.82) is 0 Å². The highest BCUT2D eigenvalue weighted by Crippen LogP contribution is 2.47. The molecular formula is C18H22F2N2O2. The van der Waals surface area contributed by atoms with E-state index in [0.29, 0.717) is 37.9 Å². The van der Waals surface area contributed by atoms with Crippen molar-refractivity contribution in [3.05, 3.63) is 35.4 Å². The minimum absolute atomic E-state index is 0.146. The molecule has 0 spiro atoms. The summed E-state index contributed by atoms with van der Waals surface area (Å²) in [5, 5.41) is 0. The van der Waals surface area contributed by atoms with Crippen LogP contribution < -0.4 is 5.73 Å². The highest BCUT2D eigenvalue weighted by atomic mass is 19.1. The van der Waals surface area contributed by atoms with Gasteiger partial charge in [0.15, 0.2) is 0 Å². The summed E-state index contributed by atoms with van der Waals surface area (Å²) in [6.07, 6.45) is 4.18. The number of carbonyl (C=O) groups is 2. The van der Waals surface area contributed by atoms with E-state index in [1.165, 1.54) is 12.1 Å². The summed E-state index contributed by atoms with van der Waals surface area (Å²) in [5.74, 6) is -1.51. The minimum atomic E-state index is -0.967. The average molecular weight is 336 g/mol. The Bertz CT molecular complexity index is 658. The molecule has 0 unspecified atom stereocenters. The van der Waals surface area contributed by atoms with Gasteiger partial charge in [-0.3, -0.25) is 9.59 Å². The zero-order valence-corrected chi connectivity index (χ0v) is 13.6. The number of nitrogens with two attached hydrogens (primary N) is 1. The van der Waals surface area contributed by atoms with Crippen LogP contribution in [0.15, 0.2) is 18.2 Å². The maximum Gasteiger partial charge on any atom is 0.238 e. The van der Waals surface area contributed by atoms with Gasteiger partial charge in [0.1, 0.15) is 17.0 Å². The van der Waals surface area contributed by atoms with Gasteiger partial charge in [-0.05, 0) is 56.1 Å². The minimum Gasteiger partial charge on any atom is -0.369 e. The van der Waals surface area contributed by atoms with Crippen LogP contribution in [0.2, 0.25) is 0 Å². The summed E-state index contributed by atoms with van der Waals surface area (Å²) in [6.45, 7) is 1.23. The molecule has 1 aliphatic heterocycles. The Labute approximate surface area is 140 Å². The number of carbonyl (C=O) groups excluding carboxylic acids is 2. The van der Waals surface area contributed by atoms with Crippen LogP contribution >= 0.6 is 0 Å². The number of halogens is 2. The van der Waals surface area contributed by atoms with Gasteiger partial charge in [-0.25, -0.2) is 8.78 Å². The van der Waals surface area contributed by atoms with E-state index in [1.807, 2.05) is 0 Å². The molecule has 0 radical (unpaired) electrons. The highest BCUT2D eigenvalue weighted by Gasteiger charge is 2.57. The van der Waals surface area contributed by atoms with Gasteiger partial charge in [-0.1, -0.05) is 6.07 Å². The van der Waals surface area contributed by atoms with Crippen LogP contribution in [0.4, 0.5) is 8.78 Å². The van der Waals surface area contributed by atoms with Crippen LogP contribution in [-0.2, 0) is 16.0 Å². The Morgan fingerprint density at radius 1 is 1.29 bits per heavy atom. The van der Waals surface area contributed by atoms with Gasteiger partial charge in [-0.2, -0.15) is 0 Å². The monoisotopic (exact) mass is 336 g/mol. The molecule has 4 nitrogen and oxygen atoms in total. The fourth-order valence-corrected chi connectivity index (χ4v) is 3.56. The van der Waals surface area contributed by atoms with E-state index in [9.17, 15) is 18.4 Å². The number of nitrogens with zero attached hydrogens (tertiary/aromatic N) is 1. The van der Waals surface area contributed by atoms with Crippen molar-refractivity contribution in [1.82, 2.24) is 4.90 Å². The molecule has 6 heteroatoms. The molecular weight excluding hydrogens is 314 g/mol. The fourth-order valence-electron chi connectivity index (χ4n) is 3.56. The van der Waals surface area contributed by atoms with Crippen LogP contribution in [0.5, 0.6) is 0 Å². The lowest BCUT2D eigenvalue weighted by molar-refractivity contribution is -0.144. The summed E-state index contributed by atoms with van der Waals surface area (Å²) >= 11 is 0. The Hall–Kier alpha value is -1.98. The summed E-state index contributed by atoms with van der Waals surface area (Å²) < 4.78 is 26.7. The van der Waals surface area contributed by atoms with Gasteiger partial charge in [0, 0.05) is 19.2 Å². The van der Waals surface area contributed by atoms with Crippen LogP contribution in [0.3, 0.4) is 0 Å². The molecule has 3 rings (SSSR count). The second-order valence-electron chi connectivity index (χ2n) is 6.98. The SMILES string of the molecule is NC(=O)C1(C(=O)N2CCC[C@H](CCc3ccc(F)cc3F)C2)CC1. The Morgan fingerprint density at radius 3 is 2.67 bits per heavy atom. The number of piperidine rings is 1. The third kappa shape index (κ3) is 3.28. The summed E-state index contributed by atoms with van der Waals surface area (Å²) in [4.78, 5) is 25.8. The molecule has 0 aromatic heterocycles. The van der Waals surface area contributed by atoms with Crippen LogP contribution in [0.1, 0.15) is 37.7 Å². The van der Waals surface area contributed by atoms with E-state index in [1.54, 1.807) is 4.90 Å². The van der Waals surface area contributed by atoms with Crippen molar-refractivity contribution >= 4 is 11.8 Å². The Balaban J connectivity index is 1.58. The predicted molar refractivity (Wildman–Crippen MR) is 84.8 cm³/mol. The van der Waals surface area contributed by atoms with Crippen molar-refractivity contribution in [2.45, 2.75) is 38.5 Å². The fraction of sp³-hybridized carbons (Fsp3) is 0.556. The molecule has 1 aromatic rings. The molecule has 24 heavy (non-hydrogen) atoms. The number of primary amides is 1. The quantitative estimate of drug-likeness (QED) is 0.839. The topological polar surface area (TPSA) is 63.4 Å². The van der Waals surface area contributed by atoms with E-state index < -0.39 is 23.0 Å². The molecule has 1 saturated heterocycles. The normalized spacial score (nSPS) is 22.2. The molecule has 2 N–H and O–H groups in total. The van der Waals surface area contributed by atoms with Crippen molar-refractivity contribution in [3.8, 4) is 0 Å². The highest BCUT2D eigenvalue weighted by molar-refractivity contribution is 6.07. The van der Waals surface area contributed by atoms with Crippen molar-refractivity contribution in [2.75, 3.05) is 13.1 Å². The predicted octanol–water partition coefficient (Wildman–Crippen LogP) is 2.40. The second-order valence-corrected chi connectivity index (χ2v) is 6.98. The maximum absolute atomic E-state index is 13.7. The molecule has 1 saturated carbocycles. The second kappa shape index (κ2) is 6.49. The van der Waals surface area contributed by atoms with Gasteiger partial charge >= 0.3 is 0 Å². The van der Waals surface area contributed by atoms with Crippen LogP contribution in [0, 0.1) is 23.0 Å². The lowest BCUT2D eigenvalue weighted by Gasteiger charge is -2.34. The first-order valence-electron chi connectivity index (χ1n) is 8.45. The molecule has 2 amide bonds. The number of amides is 2. The number of rotatable bonds is 5. The van der Waals surface area contributed by atoms with Crippen LogP contribution in [-0.4, -0.2) is 29.8 Å². The first kappa shape index (κ1) is 16.9. The molecule has 1 heterocycles. The first-order valence-corrected chi connectivity index (χ1v) is 8.45. The summed E-state index contributed by atoms with van der Waals surface area (Å²) in [7, 11) is 0. The van der Waals surface area contributed by atoms with E-state index in [-0.39, 0.29) is 11.8 Å². The average Bonchev–Trinajstić information content (AvgIpc) is 3.35. The number of likely N-dealkylation sites (tertiary alicyclic amines) is 1. The smallest absolute Gasteiger partial charge is 0.238 e. The number of aryl methyl sites for hydroxylation is 1. The number of benzene rings is 1. The van der Waals surface area contributed by atoms with Gasteiger partial charge in [0.25, 0.3) is 0 Å². The third-order valence-corrected chi connectivity index (χ3v) is 5.27. The van der Waals surface area contributed by atoms with Crippen molar-refractivity contribution in [3.63, 3.8) is 0 Å². The molecule has 2 fully saturated rings. The van der Waals surface area contributed by atoms with Gasteiger partial charge < -0.3 is 10.6 Å². The van der Waals surface area contributed by atoms with Crippen LogP contribution in [0.25, 0.3) is 0 Å². The third-order valence-electron chi connectivity index (χ3n) is 5.27. The largest absolute Gasteiger partial charge is 0.369 e. The molecule has 1 aromatic carbocycles. The molecule has 1 aliphatic carbocycles. The van der Waals surface area contributed by atoms with E-state index >= 15 is 0 Å². The number of hydrogen-bond donors (Lipinski definition) is 1. The zero-order valence-electron chi connectivity index (χ0n) is 13.6.